The fourth-order valence-corrected chi connectivity index (χ4v) is 5.54. The van der Waals surface area contributed by atoms with Crippen molar-refractivity contribution in [2.24, 2.45) is 0 Å². The number of carbonyl (C=O) groups is 2. The molecule has 0 saturated carbocycles. The third-order valence-electron chi connectivity index (χ3n) is 5.92. The molecule has 26 heavy (non-hydrogen) atoms. The highest BCUT2D eigenvalue weighted by atomic mass is 32.1. The zero-order valence-electron chi connectivity index (χ0n) is 15.5. The van der Waals surface area contributed by atoms with Gasteiger partial charge in [0.25, 0.3) is 5.91 Å². The molecule has 0 aromatic carbocycles. The van der Waals surface area contributed by atoms with Gasteiger partial charge in [0.15, 0.2) is 0 Å². The highest BCUT2D eigenvalue weighted by Crippen LogP contribution is 2.30. The Morgan fingerprint density at radius 1 is 0.731 bits per heavy atom. The lowest BCUT2D eigenvalue weighted by Crippen LogP contribution is -2.54. The lowest BCUT2D eigenvalue weighted by molar-refractivity contribution is 0.0637. The van der Waals surface area contributed by atoms with Crippen LogP contribution < -0.4 is 0 Å². The van der Waals surface area contributed by atoms with E-state index in [1.165, 1.54) is 36.1 Å². The number of amides is 3. The summed E-state index contributed by atoms with van der Waals surface area (Å²) in [6.45, 7) is 4.40. The van der Waals surface area contributed by atoms with E-state index in [0.717, 1.165) is 43.6 Å². The van der Waals surface area contributed by atoms with Crippen molar-refractivity contribution >= 4 is 23.3 Å². The van der Waals surface area contributed by atoms with E-state index in [4.69, 9.17) is 0 Å². The molecule has 3 amide bonds. The summed E-state index contributed by atoms with van der Waals surface area (Å²) >= 11 is 1.70. The summed E-state index contributed by atoms with van der Waals surface area (Å²) in [7, 11) is 0. The predicted molar refractivity (Wildman–Crippen MR) is 104 cm³/mol. The fourth-order valence-electron chi connectivity index (χ4n) is 4.31. The quantitative estimate of drug-likeness (QED) is 0.706. The van der Waals surface area contributed by atoms with Gasteiger partial charge in [0, 0.05) is 44.1 Å². The Hall–Kier alpha value is -1.56. The van der Waals surface area contributed by atoms with Crippen LogP contribution in [-0.4, -0.2) is 65.9 Å². The molecule has 0 unspecified atom stereocenters. The highest BCUT2D eigenvalue weighted by Gasteiger charge is 2.29. The molecule has 0 spiro atoms. The van der Waals surface area contributed by atoms with Gasteiger partial charge in [-0.2, -0.15) is 0 Å². The molecule has 2 saturated heterocycles. The highest BCUT2D eigenvalue weighted by molar-refractivity contribution is 7.14. The van der Waals surface area contributed by atoms with Crippen LogP contribution in [0, 0.1) is 0 Å². The number of hydrogen-bond donors (Lipinski definition) is 0. The smallest absolute Gasteiger partial charge is 0.320 e. The van der Waals surface area contributed by atoms with Crippen molar-refractivity contribution in [2.45, 2.75) is 51.4 Å². The van der Waals surface area contributed by atoms with Crippen LogP contribution in [0.4, 0.5) is 4.79 Å². The van der Waals surface area contributed by atoms with Crippen LogP contribution in [0.5, 0.6) is 0 Å². The van der Waals surface area contributed by atoms with Gasteiger partial charge in [-0.05, 0) is 56.6 Å². The molecule has 0 radical (unpaired) electrons. The Balaban J connectivity index is 1.34. The van der Waals surface area contributed by atoms with Gasteiger partial charge in [0.05, 0.1) is 4.88 Å². The molecule has 6 heteroatoms. The van der Waals surface area contributed by atoms with E-state index >= 15 is 0 Å². The Bertz CT molecular complexity index is 635. The monoisotopic (exact) mass is 375 g/mol. The van der Waals surface area contributed by atoms with E-state index in [-0.39, 0.29) is 11.9 Å². The third-order valence-corrected chi connectivity index (χ3v) is 7.15. The van der Waals surface area contributed by atoms with Crippen molar-refractivity contribution in [3.05, 3.63) is 21.4 Å². The van der Waals surface area contributed by atoms with Crippen molar-refractivity contribution in [3.8, 4) is 0 Å². The molecule has 5 nitrogen and oxygen atoms in total. The normalized spacial score (nSPS) is 21.3. The van der Waals surface area contributed by atoms with Gasteiger partial charge in [-0.3, -0.25) is 4.79 Å². The van der Waals surface area contributed by atoms with E-state index in [1.54, 1.807) is 11.3 Å². The summed E-state index contributed by atoms with van der Waals surface area (Å²) in [6.07, 6.45) is 9.52. The average Bonchev–Trinajstić information content (AvgIpc) is 2.98. The Labute approximate surface area is 159 Å². The Morgan fingerprint density at radius 3 is 2.12 bits per heavy atom. The van der Waals surface area contributed by atoms with Gasteiger partial charge >= 0.3 is 6.03 Å². The second-order valence-electron chi connectivity index (χ2n) is 7.73. The lowest BCUT2D eigenvalue weighted by atomic mass is 10.1. The minimum Gasteiger partial charge on any atom is -0.334 e. The van der Waals surface area contributed by atoms with Crippen LogP contribution in [0.2, 0.25) is 0 Å². The molecule has 0 atom stereocenters. The standard InChI is InChI=1S/C20H29N3O2S/c24-19(18-15-16-7-3-1-4-8-17(16)26-18)21-11-13-23(14-12-21)20(25)22-9-5-2-6-10-22/h15H,1-14H2. The minimum atomic E-state index is 0.160. The number of nitrogens with zero attached hydrogens (tertiary/aromatic N) is 3. The van der Waals surface area contributed by atoms with E-state index in [9.17, 15) is 9.59 Å². The fraction of sp³-hybridized carbons (Fsp3) is 0.700. The molecule has 3 aliphatic rings. The van der Waals surface area contributed by atoms with Crippen molar-refractivity contribution in [2.75, 3.05) is 39.3 Å². The van der Waals surface area contributed by atoms with E-state index in [2.05, 4.69) is 6.07 Å². The maximum absolute atomic E-state index is 12.9. The molecule has 3 heterocycles. The summed E-state index contributed by atoms with van der Waals surface area (Å²) in [5, 5.41) is 0. The van der Waals surface area contributed by atoms with E-state index < -0.39 is 0 Å². The molecule has 1 aromatic heterocycles. The summed E-state index contributed by atoms with van der Waals surface area (Å²) in [4.78, 5) is 33.7. The molecule has 2 fully saturated rings. The molecule has 1 aromatic rings. The van der Waals surface area contributed by atoms with Crippen LogP contribution in [0.3, 0.4) is 0 Å². The molecule has 2 aliphatic heterocycles. The molecule has 142 valence electrons. The van der Waals surface area contributed by atoms with Crippen LogP contribution in [0.25, 0.3) is 0 Å². The number of hydrogen-bond acceptors (Lipinski definition) is 3. The average molecular weight is 376 g/mol. The van der Waals surface area contributed by atoms with Gasteiger partial charge in [-0.25, -0.2) is 4.79 Å². The first-order valence-corrected chi connectivity index (χ1v) is 11.0. The minimum absolute atomic E-state index is 0.160. The maximum atomic E-state index is 12.9. The number of likely N-dealkylation sites (tertiary alicyclic amines) is 1. The van der Waals surface area contributed by atoms with Crippen LogP contribution in [-0.2, 0) is 12.8 Å². The summed E-state index contributed by atoms with van der Waals surface area (Å²) in [5.41, 5.74) is 1.40. The second kappa shape index (κ2) is 7.99. The van der Waals surface area contributed by atoms with Crippen molar-refractivity contribution in [3.63, 3.8) is 0 Å². The molecule has 0 bridgehead atoms. The summed E-state index contributed by atoms with van der Waals surface area (Å²) in [6, 6.07) is 2.30. The molecule has 1 aliphatic carbocycles. The van der Waals surface area contributed by atoms with Crippen molar-refractivity contribution in [1.82, 2.24) is 14.7 Å². The van der Waals surface area contributed by atoms with Crippen LogP contribution >= 0.6 is 11.3 Å². The van der Waals surface area contributed by atoms with Gasteiger partial charge in [0.2, 0.25) is 0 Å². The van der Waals surface area contributed by atoms with Crippen molar-refractivity contribution < 1.29 is 9.59 Å². The molecule has 4 rings (SSSR count). The SMILES string of the molecule is O=C(c1cc2c(s1)CCCCC2)N1CCN(C(=O)N2CCCCC2)CC1. The first kappa shape index (κ1) is 17.8. The number of urea groups is 1. The largest absolute Gasteiger partial charge is 0.334 e. The number of piperidine rings is 1. The van der Waals surface area contributed by atoms with Crippen LogP contribution in [0.1, 0.15) is 58.6 Å². The van der Waals surface area contributed by atoms with Gasteiger partial charge < -0.3 is 14.7 Å². The zero-order valence-corrected chi connectivity index (χ0v) is 16.4. The first-order chi connectivity index (χ1) is 12.7. The number of fused-ring (bicyclic) bond motifs is 1. The second-order valence-corrected chi connectivity index (χ2v) is 8.87. The predicted octanol–water partition coefficient (Wildman–Crippen LogP) is 3.38. The third kappa shape index (κ3) is 3.75. The zero-order chi connectivity index (χ0) is 17.9. The first-order valence-electron chi connectivity index (χ1n) is 10.2. The summed E-state index contributed by atoms with van der Waals surface area (Å²) in [5.74, 6) is 0.160. The van der Waals surface area contributed by atoms with Crippen molar-refractivity contribution in [1.29, 1.82) is 0 Å². The number of piperazine rings is 1. The molecule has 0 N–H and O–H groups in total. The Morgan fingerprint density at radius 2 is 1.35 bits per heavy atom. The molecular formula is C20H29N3O2S. The number of carbonyl (C=O) groups excluding carboxylic acids is 2. The number of thiophene rings is 1. The topological polar surface area (TPSA) is 43.9 Å². The number of rotatable bonds is 1. The van der Waals surface area contributed by atoms with E-state index in [1.807, 2.05) is 14.7 Å². The van der Waals surface area contributed by atoms with Crippen LogP contribution in [0.15, 0.2) is 6.07 Å². The maximum Gasteiger partial charge on any atom is 0.320 e. The molecular weight excluding hydrogens is 346 g/mol. The van der Waals surface area contributed by atoms with E-state index in [0.29, 0.717) is 26.2 Å². The van der Waals surface area contributed by atoms with Gasteiger partial charge in [-0.15, -0.1) is 11.3 Å². The van der Waals surface area contributed by atoms with Gasteiger partial charge in [-0.1, -0.05) is 6.42 Å². The Kier molecular flexibility index (Phi) is 5.48. The summed E-state index contributed by atoms with van der Waals surface area (Å²) < 4.78 is 0. The van der Waals surface area contributed by atoms with Gasteiger partial charge in [0.1, 0.15) is 0 Å². The number of aryl methyl sites for hydroxylation is 2. The lowest BCUT2D eigenvalue weighted by Gasteiger charge is -2.38.